The average Bonchev–Trinajstić information content (AvgIpc) is 1.62. The van der Waals surface area contributed by atoms with Crippen LogP contribution in [0.4, 0.5) is 19.2 Å². The van der Waals surface area contributed by atoms with E-state index in [4.69, 9.17) is 82.0 Å². The van der Waals surface area contributed by atoms with E-state index in [-0.39, 0.29) is 61.8 Å². The van der Waals surface area contributed by atoms with Crippen molar-refractivity contribution in [3.63, 3.8) is 0 Å². The number of ether oxygens (including phenoxy) is 14. The number of rotatable bonds is 22. The van der Waals surface area contributed by atoms with Crippen LogP contribution in [0.15, 0.2) is 194 Å². The summed E-state index contributed by atoms with van der Waals surface area (Å²) in [5, 5.41) is 0. The Balaban J connectivity index is 0.000000171. The molecule has 12 atom stereocenters. The van der Waals surface area contributed by atoms with E-state index in [0.717, 1.165) is 46.2 Å². The van der Waals surface area contributed by atoms with Crippen molar-refractivity contribution in [3.05, 3.63) is 239 Å². The van der Waals surface area contributed by atoms with Crippen LogP contribution in [-0.4, -0.2) is 152 Å². The number of carbonyl (C=O) groups is 4. The summed E-state index contributed by atoms with van der Waals surface area (Å²) in [6.07, 6.45) is -2.57. The normalized spacial score (nSPS) is 21.8. The van der Waals surface area contributed by atoms with Crippen LogP contribution in [0.2, 0.25) is 0 Å². The van der Waals surface area contributed by atoms with Crippen LogP contribution in [0.25, 0.3) is 0 Å². The van der Waals surface area contributed by atoms with E-state index < -0.39 is 48.7 Å². The molecule has 4 aliphatic heterocycles. The molecule has 0 N–H and O–H groups in total. The second-order valence-electron chi connectivity index (χ2n) is 27.6. The van der Waals surface area contributed by atoms with Crippen molar-refractivity contribution in [2.45, 2.75) is 155 Å². The molecule has 0 saturated carbocycles. The van der Waals surface area contributed by atoms with Crippen LogP contribution in [0.3, 0.4) is 0 Å². The molecule has 0 spiro atoms. The van der Waals surface area contributed by atoms with E-state index in [2.05, 4.69) is 27.7 Å². The van der Waals surface area contributed by atoms with Crippen molar-refractivity contribution in [3.8, 4) is 46.0 Å². The van der Waals surface area contributed by atoms with Gasteiger partial charge in [0.1, 0.15) is 59.2 Å². The molecule has 0 aromatic heterocycles. The molecular formula is C86H102B2N4O18. The average molecular weight is 1500 g/mol. The third-order valence-electron chi connectivity index (χ3n) is 19.6. The molecule has 4 saturated heterocycles. The molecule has 12 rings (SSSR count). The van der Waals surface area contributed by atoms with E-state index in [1.165, 1.54) is 0 Å². The topological polar surface area (TPSA) is 210 Å². The van der Waals surface area contributed by atoms with Gasteiger partial charge in [-0.3, -0.25) is 19.4 Å². The van der Waals surface area contributed by atoms with Crippen molar-refractivity contribution in [2.24, 2.45) is 11.8 Å². The highest BCUT2D eigenvalue weighted by Gasteiger charge is 2.50. The molecule has 4 heterocycles. The Morgan fingerprint density at radius 1 is 0.355 bits per heavy atom. The van der Waals surface area contributed by atoms with E-state index in [9.17, 15) is 19.2 Å². The van der Waals surface area contributed by atoms with E-state index in [1.54, 1.807) is 88.6 Å². The Bertz CT molecular complexity index is 4210. The van der Waals surface area contributed by atoms with Crippen molar-refractivity contribution < 1.29 is 85.5 Å². The van der Waals surface area contributed by atoms with Crippen LogP contribution in [0, 0.1) is 11.8 Å². The second-order valence-corrected chi connectivity index (χ2v) is 27.6. The third-order valence-corrected chi connectivity index (χ3v) is 19.6. The van der Waals surface area contributed by atoms with Crippen molar-refractivity contribution >= 4 is 39.5 Å². The number of benzene rings is 8. The number of carbonyl (C=O) groups excluding carboxylic acids is 4. The number of nitrogens with zero attached hydrogens (tertiary/aromatic N) is 4. The highest BCUT2D eigenvalue weighted by atomic mass is 16.6. The molecule has 0 bridgehead atoms. The first-order valence-corrected chi connectivity index (χ1v) is 36.8. The van der Waals surface area contributed by atoms with E-state index in [0.29, 0.717) is 69.0 Å². The van der Waals surface area contributed by atoms with Gasteiger partial charge in [0.05, 0.1) is 117 Å². The fourth-order valence-electron chi connectivity index (χ4n) is 14.4. The standard InChI is InChI=1S/2C26H27NO5.2C17H24BNO4/c1-18-24(20-13-8-5-9-14-20)27(26(28)31-17-19-11-6-4-7-12-19)25(32-18)23-21(29-2)15-10-16-22(23)30-3;1-18-24(20-12-8-5-9-13-20)27(26(28)31-17-19-10-6-4-7-11-19)25(32-18)22-15-14-21(29-2)16-23(22)30-3;1-10(2)8-14-11(3)23-16(19(14)17(18)20)13-7-6-12(21-4)9-15(13)22-5;1-10(2)9-12-11(3)23-16(19(12)17(18)20)15-13(21-4)7-6-8-14(15)22-5/h2*4-16,18,24-25H,17H2,1-3H3;6-7,9-11,14,16H,8H2,1-5H3;6-8,10-12,16H,9H2,1-5H3/t2*18-,24?,25?;11-,14?,16?;11-,12?,16?/m0000/s1. The Morgan fingerprint density at radius 3 is 0.991 bits per heavy atom. The Labute approximate surface area is 649 Å². The van der Waals surface area contributed by atoms with Gasteiger partial charge in [-0.25, -0.2) is 9.59 Å². The van der Waals surface area contributed by atoms with E-state index in [1.807, 2.05) is 210 Å². The summed E-state index contributed by atoms with van der Waals surface area (Å²) in [6, 6.07) is 60.0. The Hall–Kier alpha value is -10.4. The summed E-state index contributed by atoms with van der Waals surface area (Å²) < 4.78 is 79.9. The van der Waals surface area contributed by atoms with Crippen LogP contribution >= 0.6 is 0 Å². The summed E-state index contributed by atoms with van der Waals surface area (Å²) in [7, 11) is 24.0. The smallest absolute Gasteiger partial charge is 0.413 e. The predicted molar refractivity (Wildman–Crippen MR) is 419 cm³/mol. The molecule has 8 aromatic rings. The zero-order chi connectivity index (χ0) is 79.3. The van der Waals surface area contributed by atoms with Gasteiger partial charge in [-0.2, -0.15) is 0 Å². The zero-order valence-electron chi connectivity index (χ0n) is 65.7. The second kappa shape index (κ2) is 39.8. The molecule has 0 aliphatic carbocycles. The highest BCUT2D eigenvalue weighted by molar-refractivity contribution is 6.57. The molecule has 8 unspecified atom stereocenters. The summed E-state index contributed by atoms with van der Waals surface area (Å²) in [6.45, 7) is 16.7. The van der Waals surface area contributed by atoms with Crippen molar-refractivity contribution in [1.29, 1.82) is 0 Å². The molecule has 24 heteroatoms. The molecule has 4 radical (unpaired) electrons. The van der Waals surface area contributed by atoms with Crippen molar-refractivity contribution in [2.75, 3.05) is 56.9 Å². The first-order valence-electron chi connectivity index (χ1n) is 36.8. The number of hydrogen-bond acceptors (Lipinski definition) is 18. The maximum atomic E-state index is 13.5. The lowest BCUT2D eigenvalue weighted by atomic mass is 9.96. The minimum Gasteiger partial charge on any atom is -0.497 e. The number of hydrogen-bond donors (Lipinski definition) is 0. The van der Waals surface area contributed by atoms with Gasteiger partial charge in [0.15, 0.2) is 36.5 Å². The van der Waals surface area contributed by atoms with Gasteiger partial charge in [0.25, 0.3) is 0 Å². The van der Waals surface area contributed by atoms with Gasteiger partial charge >= 0.3 is 12.2 Å². The molecule has 4 fully saturated rings. The van der Waals surface area contributed by atoms with Gasteiger partial charge in [-0.1, -0.05) is 161 Å². The lowest BCUT2D eigenvalue weighted by molar-refractivity contribution is -0.00258. The van der Waals surface area contributed by atoms with Crippen LogP contribution in [0.5, 0.6) is 46.0 Å². The lowest BCUT2D eigenvalue weighted by Crippen LogP contribution is -2.40. The van der Waals surface area contributed by atoms with E-state index >= 15 is 0 Å². The van der Waals surface area contributed by atoms with Gasteiger partial charge < -0.3 is 76.1 Å². The van der Waals surface area contributed by atoms with Gasteiger partial charge in [0, 0.05) is 23.3 Å². The number of methoxy groups -OCH3 is 8. The fraction of sp³-hybridized carbons (Fsp3) is 0.395. The first-order chi connectivity index (χ1) is 53.0. The molecule has 4 aliphatic rings. The summed E-state index contributed by atoms with van der Waals surface area (Å²) in [4.78, 5) is 57.6. The van der Waals surface area contributed by atoms with Gasteiger partial charge in [-0.15, -0.1) is 0 Å². The fourth-order valence-corrected chi connectivity index (χ4v) is 14.4. The largest absolute Gasteiger partial charge is 0.497 e. The van der Waals surface area contributed by atoms with Crippen LogP contribution in [-0.2, 0) is 41.6 Å². The summed E-state index contributed by atoms with van der Waals surface area (Å²) in [5.41, 5.74) is 6.62. The molecular weight excluding hydrogens is 1400 g/mol. The first kappa shape index (κ1) is 83.6. The summed E-state index contributed by atoms with van der Waals surface area (Å²) >= 11 is 0. The zero-order valence-corrected chi connectivity index (χ0v) is 65.7. The van der Waals surface area contributed by atoms with Gasteiger partial charge in [0.2, 0.25) is 15.7 Å². The Morgan fingerprint density at radius 2 is 0.655 bits per heavy atom. The molecule has 22 nitrogen and oxygen atoms in total. The highest BCUT2D eigenvalue weighted by Crippen LogP contribution is 2.51. The van der Waals surface area contributed by atoms with Crippen LogP contribution in [0.1, 0.15) is 150 Å². The predicted octanol–water partition coefficient (Wildman–Crippen LogP) is 17.3. The lowest BCUT2D eigenvalue weighted by Gasteiger charge is -2.30. The molecule has 110 heavy (non-hydrogen) atoms. The number of amides is 4. The maximum Gasteiger partial charge on any atom is 0.413 e. The van der Waals surface area contributed by atoms with Crippen LogP contribution < -0.4 is 37.9 Å². The maximum absolute atomic E-state index is 13.5. The van der Waals surface area contributed by atoms with Crippen molar-refractivity contribution in [1.82, 2.24) is 19.6 Å². The summed E-state index contributed by atoms with van der Waals surface area (Å²) in [5.74, 6) is 4.78. The minimum atomic E-state index is -0.732. The SMILES string of the molecule is COc1ccc(C2O[C@@H](C)C(c3ccccc3)N2C(=O)OCc2ccccc2)c(OC)c1.COc1cccc(OC)c1C1O[C@@H](C)C(c2ccccc2)N1C(=O)OCc1ccccc1.[B]C(=O)N1C(c2c(OC)cccc2OC)O[C@@H](C)C1CC(C)C.[B]C(=O)N1C(c2ccc(OC)cc2OC)O[C@@H](C)C1CC(C)C. The molecule has 580 valence electrons. The monoisotopic (exact) mass is 1500 g/mol. The molecule has 8 aromatic carbocycles. The quantitative estimate of drug-likeness (QED) is 0.0577. The van der Waals surface area contributed by atoms with Gasteiger partial charge in [-0.05, 0) is 123 Å². The third kappa shape index (κ3) is 20.0. The molecule has 4 amide bonds. The Kier molecular flexibility index (Phi) is 30.3. The minimum absolute atomic E-state index is 0.0516.